The fourth-order valence-electron chi connectivity index (χ4n) is 2.71. The molecule has 3 aromatic rings. The van der Waals surface area contributed by atoms with Gasteiger partial charge in [-0.25, -0.2) is 0 Å². The Morgan fingerprint density at radius 2 is 1.62 bits per heavy atom. The predicted molar refractivity (Wildman–Crippen MR) is 112 cm³/mol. The van der Waals surface area contributed by atoms with Gasteiger partial charge in [-0.2, -0.15) is 0 Å². The molecule has 1 atom stereocenters. The van der Waals surface area contributed by atoms with Crippen LogP contribution in [0.3, 0.4) is 0 Å². The number of carbonyl (C=O) groups is 2. The minimum absolute atomic E-state index is 0.106. The Morgan fingerprint density at radius 3 is 2.24 bits per heavy atom. The summed E-state index contributed by atoms with van der Waals surface area (Å²) < 4.78 is 10.6. The van der Waals surface area contributed by atoms with Crippen molar-refractivity contribution in [2.24, 2.45) is 0 Å². The van der Waals surface area contributed by atoms with Crippen molar-refractivity contribution < 1.29 is 18.7 Å². The van der Waals surface area contributed by atoms with Crippen molar-refractivity contribution in [2.45, 2.75) is 26.2 Å². The summed E-state index contributed by atoms with van der Waals surface area (Å²) in [6, 6.07) is 17.9. The van der Waals surface area contributed by atoms with Crippen molar-refractivity contribution in [3.63, 3.8) is 0 Å². The van der Waals surface area contributed by atoms with Crippen molar-refractivity contribution in [3.05, 3.63) is 78.3 Å². The maximum absolute atomic E-state index is 12.1. The van der Waals surface area contributed by atoms with E-state index in [2.05, 4.69) is 24.5 Å². The largest absolute Gasteiger partial charge is 0.484 e. The van der Waals surface area contributed by atoms with E-state index < -0.39 is 0 Å². The van der Waals surface area contributed by atoms with E-state index in [1.807, 2.05) is 24.3 Å². The molecule has 2 amide bonds. The van der Waals surface area contributed by atoms with E-state index in [0.29, 0.717) is 17.4 Å². The van der Waals surface area contributed by atoms with Gasteiger partial charge < -0.3 is 19.8 Å². The summed E-state index contributed by atoms with van der Waals surface area (Å²) in [5.74, 6) is 0.691. The normalized spacial score (nSPS) is 11.5. The van der Waals surface area contributed by atoms with Crippen LogP contribution in [0.4, 0.5) is 11.4 Å². The molecule has 0 bridgehead atoms. The summed E-state index contributed by atoms with van der Waals surface area (Å²) in [4.78, 5) is 24.0. The molecule has 2 N–H and O–H groups in total. The highest BCUT2D eigenvalue weighted by Gasteiger charge is 2.09. The molecule has 0 aliphatic heterocycles. The molecule has 0 aliphatic carbocycles. The maximum atomic E-state index is 12.1. The second-order valence-electron chi connectivity index (χ2n) is 6.72. The minimum Gasteiger partial charge on any atom is -0.484 e. The number of nitrogens with one attached hydrogen (secondary N) is 2. The zero-order chi connectivity index (χ0) is 20.6. The average Bonchev–Trinajstić information content (AvgIpc) is 3.28. The summed E-state index contributed by atoms with van der Waals surface area (Å²) in [5.41, 5.74) is 2.59. The third-order valence-corrected chi connectivity index (χ3v) is 4.60. The number of rotatable bonds is 8. The number of hydrogen-bond donors (Lipinski definition) is 2. The van der Waals surface area contributed by atoms with Crippen molar-refractivity contribution >= 4 is 23.2 Å². The predicted octanol–water partition coefficient (Wildman–Crippen LogP) is 5.06. The Morgan fingerprint density at radius 1 is 0.966 bits per heavy atom. The molecule has 2 aromatic carbocycles. The fraction of sp³-hybridized carbons (Fsp3) is 0.217. The maximum Gasteiger partial charge on any atom is 0.291 e. The van der Waals surface area contributed by atoms with Gasteiger partial charge in [-0.3, -0.25) is 9.59 Å². The monoisotopic (exact) mass is 392 g/mol. The highest BCUT2D eigenvalue weighted by Crippen LogP contribution is 2.21. The van der Waals surface area contributed by atoms with Gasteiger partial charge in [-0.1, -0.05) is 26.0 Å². The van der Waals surface area contributed by atoms with E-state index in [1.54, 1.807) is 36.4 Å². The van der Waals surface area contributed by atoms with Crippen LogP contribution in [0.5, 0.6) is 5.75 Å². The first-order valence-corrected chi connectivity index (χ1v) is 9.52. The molecule has 3 rings (SSSR count). The molecule has 1 heterocycles. The summed E-state index contributed by atoms with van der Waals surface area (Å²) in [6.45, 7) is 4.22. The molecule has 0 spiro atoms. The molecule has 0 fully saturated rings. The number of benzene rings is 2. The van der Waals surface area contributed by atoms with Crippen LogP contribution < -0.4 is 15.4 Å². The topological polar surface area (TPSA) is 80.6 Å². The SMILES string of the molecule is CCC(C)c1ccc(NC(=O)COc2ccc(NC(=O)c3ccco3)cc2)cc1. The molecule has 0 saturated carbocycles. The molecular weight excluding hydrogens is 368 g/mol. The van der Waals surface area contributed by atoms with Gasteiger partial charge in [0.05, 0.1) is 6.26 Å². The second kappa shape index (κ2) is 9.59. The van der Waals surface area contributed by atoms with Gasteiger partial charge in [0.25, 0.3) is 11.8 Å². The smallest absolute Gasteiger partial charge is 0.291 e. The molecular formula is C23H24N2O4. The Hall–Kier alpha value is -3.54. The minimum atomic E-state index is -0.331. The molecule has 0 radical (unpaired) electrons. The number of anilines is 2. The van der Waals surface area contributed by atoms with Gasteiger partial charge in [0, 0.05) is 11.4 Å². The lowest BCUT2D eigenvalue weighted by Crippen LogP contribution is -2.20. The van der Waals surface area contributed by atoms with Crippen LogP contribution in [0.2, 0.25) is 0 Å². The van der Waals surface area contributed by atoms with Gasteiger partial charge in [-0.05, 0) is 66.4 Å². The first-order valence-electron chi connectivity index (χ1n) is 9.52. The van der Waals surface area contributed by atoms with Gasteiger partial charge >= 0.3 is 0 Å². The van der Waals surface area contributed by atoms with E-state index in [0.717, 1.165) is 12.1 Å². The third kappa shape index (κ3) is 5.72. The molecule has 1 aromatic heterocycles. The van der Waals surface area contributed by atoms with Gasteiger partial charge in [0.1, 0.15) is 5.75 Å². The van der Waals surface area contributed by atoms with Crippen LogP contribution in [-0.4, -0.2) is 18.4 Å². The Balaban J connectivity index is 1.47. The number of furan rings is 1. The van der Waals surface area contributed by atoms with Crippen molar-refractivity contribution in [1.82, 2.24) is 0 Å². The Bertz CT molecular complexity index is 932. The van der Waals surface area contributed by atoms with Crippen LogP contribution in [-0.2, 0) is 4.79 Å². The number of carbonyl (C=O) groups excluding carboxylic acids is 2. The summed E-state index contributed by atoms with van der Waals surface area (Å²) >= 11 is 0. The van der Waals surface area contributed by atoms with E-state index in [1.165, 1.54) is 11.8 Å². The van der Waals surface area contributed by atoms with Crippen LogP contribution in [0, 0.1) is 0 Å². The van der Waals surface area contributed by atoms with E-state index in [-0.39, 0.29) is 24.2 Å². The van der Waals surface area contributed by atoms with Gasteiger partial charge in [0.15, 0.2) is 12.4 Å². The lowest BCUT2D eigenvalue weighted by atomic mass is 9.99. The third-order valence-electron chi connectivity index (χ3n) is 4.60. The lowest BCUT2D eigenvalue weighted by molar-refractivity contribution is -0.118. The van der Waals surface area contributed by atoms with Crippen molar-refractivity contribution in [2.75, 3.05) is 17.2 Å². The number of ether oxygens (including phenoxy) is 1. The molecule has 6 heteroatoms. The summed E-state index contributed by atoms with van der Waals surface area (Å²) in [5, 5.41) is 5.54. The summed E-state index contributed by atoms with van der Waals surface area (Å²) in [6.07, 6.45) is 2.52. The molecule has 150 valence electrons. The van der Waals surface area contributed by atoms with Crippen molar-refractivity contribution in [1.29, 1.82) is 0 Å². The zero-order valence-corrected chi connectivity index (χ0v) is 16.5. The highest BCUT2D eigenvalue weighted by molar-refractivity contribution is 6.02. The van der Waals surface area contributed by atoms with E-state index in [9.17, 15) is 9.59 Å². The average molecular weight is 392 g/mol. The number of hydrogen-bond acceptors (Lipinski definition) is 4. The zero-order valence-electron chi connectivity index (χ0n) is 16.5. The van der Waals surface area contributed by atoms with E-state index >= 15 is 0 Å². The van der Waals surface area contributed by atoms with Crippen molar-refractivity contribution in [3.8, 4) is 5.75 Å². The molecule has 29 heavy (non-hydrogen) atoms. The van der Waals surface area contributed by atoms with Gasteiger partial charge in [0.2, 0.25) is 0 Å². The summed E-state index contributed by atoms with van der Waals surface area (Å²) in [7, 11) is 0. The van der Waals surface area contributed by atoms with E-state index in [4.69, 9.17) is 9.15 Å². The standard InChI is InChI=1S/C23H24N2O4/c1-3-16(2)17-6-8-18(9-7-17)24-22(26)15-29-20-12-10-19(11-13-20)25-23(27)21-5-4-14-28-21/h4-14,16H,3,15H2,1-2H3,(H,24,26)(H,25,27). The number of amides is 2. The quantitative estimate of drug-likeness (QED) is 0.561. The van der Waals surface area contributed by atoms with Gasteiger partial charge in [-0.15, -0.1) is 0 Å². The fourth-order valence-corrected chi connectivity index (χ4v) is 2.71. The second-order valence-corrected chi connectivity index (χ2v) is 6.72. The molecule has 0 saturated heterocycles. The Kier molecular flexibility index (Phi) is 6.68. The Labute approximate surface area is 169 Å². The van der Waals surface area contributed by atoms with Crippen LogP contribution >= 0.6 is 0 Å². The highest BCUT2D eigenvalue weighted by atomic mass is 16.5. The lowest BCUT2D eigenvalue weighted by Gasteiger charge is -2.11. The van der Waals surface area contributed by atoms with Crippen LogP contribution in [0.25, 0.3) is 0 Å². The molecule has 0 aliphatic rings. The first-order chi connectivity index (χ1) is 14.0. The first kappa shape index (κ1) is 20.2. The molecule has 6 nitrogen and oxygen atoms in total. The van der Waals surface area contributed by atoms with Crippen LogP contribution in [0.15, 0.2) is 71.3 Å². The van der Waals surface area contributed by atoms with Crippen LogP contribution in [0.1, 0.15) is 42.3 Å². The molecule has 1 unspecified atom stereocenters.